The highest BCUT2D eigenvalue weighted by molar-refractivity contribution is 6.35. The molecule has 0 radical (unpaired) electrons. The van der Waals surface area contributed by atoms with E-state index >= 15 is 0 Å². The molecular weight excluding hydrogens is 353 g/mol. The lowest BCUT2D eigenvalue weighted by atomic mass is 10.1. The normalized spacial score (nSPS) is 14.5. The summed E-state index contributed by atoms with van der Waals surface area (Å²) >= 11 is 11.9. The smallest absolute Gasteiger partial charge is 0.254 e. The summed E-state index contributed by atoms with van der Waals surface area (Å²) in [5.41, 5.74) is 0.393. The Balaban J connectivity index is 1.78. The maximum Gasteiger partial charge on any atom is 0.254 e. The summed E-state index contributed by atoms with van der Waals surface area (Å²) in [6.45, 7) is 2.12. The van der Waals surface area contributed by atoms with E-state index in [0.717, 1.165) is 0 Å². The van der Waals surface area contributed by atoms with Gasteiger partial charge in [0.1, 0.15) is 5.75 Å². The lowest BCUT2D eigenvalue weighted by Crippen LogP contribution is -2.40. The molecule has 0 aliphatic carbocycles. The van der Waals surface area contributed by atoms with E-state index in [2.05, 4.69) is 0 Å². The Hall–Kier alpha value is -1.95. The predicted octanol–water partition coefficient (Wildman–Crippen LogP) is 3.96. The van der Waals surface area contributed by atoms with Crippen molar-refractivity contribution in [2.75, 3.05) is 26.3 Å². The van der Waals surface area contributed by atoms with Crippen LogP contribution < -0.4 is 4.74 Å². The van der Waals surface area contributed by atoms with Gasteiger partial charge in [0.15, 0.2) is 11.5 Å². The van der Waals surface area contributed by atoms with Crippen molar-refractivity contribution in [2.45, 2.75) is 0 Å². The standard InChI is InChI=1S/C17H15Cl2NO4/c18-12-2-4-15(13(19)10-12)24-16-3-1-11(9-14(16)21)17(22)20-5-7-23-8-6-20/h1-4,9-10,21H,5-8H2. The van der Waals surface area contributed by atoms with Crippen LogP contribution in [-0.2, 0) is 4.74 Å². The van der Waals surface area contributed by atoms with Crippen molar-refractivity contribution in [1.82, 2.24) is 4.90 Å². The number of hydrogen-bond donors (Lipinski definition) is 1. The number of hydrogen-bond acceptors (Lipinski definition) is 4. The fourth-order valence-corrected chi connectivity index (χ4v) is 2.81. The van der Waals surface area contributed by atoms with E-state index in [1.165, 1.54) is 12.1 Å². The molecule has 7 heteroatoms. The van der Waals surface area contributed by atoms with Crippen molar-refractivity contribution in [3.8, 4) is 17.2 Å². The lowest BCUT2D eigenvalue weighted by molar-refractivity contribution is 0.0302. The Bertz CT molecular complexity index is 760. The van der Waals surface area contributed by atoms with Crippen molar-refractivity contribution < 1.29 is 19.4 Å². The zero-order chi connectivity index (χ0) is 17.1. The van der Waals surface area contributed by atoms with E-state index < -0.39 is 0 Å². The number of halogens is 2. The fraction of sp³-hybridized carbons (Fsp3) is 0.235. The lowest BCUT2D eigenvalue weighted by Gasteiger charge is -2.27. The SMILES string of the molecule is O=C(c1ccc(Oc2ccc(Cl)cc2Cl)c(O)c1)N1CCOCC1. The zero-order valence-corrected chi connectivity index (χ0v) is 14.2. The molecule has 1 fully saturated rings. The van der Waals surface area contributed by atoms with Gasteiger partial charge in [-0.3, -0.25) is 4.79 Å². The highest BCUT2D eigenvalue weighted by Crippen LogP contribution is 2.36. The highest BCUT2D eigenvalue weighted by Gasteiger charge is 2.20. The molecule has 2 aromatic carbocycles. The number of phenolic OH excluding ortho intramolecular Hbond substituents is 1. The quantitative estimate of drug-likeness (QED) is 0.891. The Morgan fingerprint density at radius 3 is 2.46 bits per heavy atom. The van der Waals surface area contributed by atoms with Crippen LogP contribution in [0, 0.1) is 0 Å². The summed E-state index contributed by atoms with van der Waals surface area (Å²) in [6, 6.07) is 9.32. The largest absolute Gasteiger partial charge is 0.504 e. The van der Waals surface area contributed by atoms with Gasteiger partial charge in [-0.1, -0.05) is 23.2 Å². The predicted molar refractivity (Wildman–Crippen MR) is 91.4 cm³/mol. The van der Waals surface area contributed by atoms with Crippen LogP contribution in [0.2, 0.25) is 10.0 Å². The minimum absolute atomic E-state index is 0.139. The molecule has 0 atom stereocenters. The van der Waals surface area contributed by atoms with Gasteiger partial charge in [0.2, 0.25) is 0 Å². The van der Waals surface area contributed by atoms with Gasteiger partial charge in [-0.05, 0) is 36.4 Å². The Kier molecular flexibility index (Phi) is 5.14. The van der Waals surface area contributed by atoms with Gasteiger partial charge in [-0.2, -0.15) is 0 Å². The van der Waals surface area contributed by atoms with Crippen molar-refractivity contribution >= 4 is 29.1 Å². The van der Waals surface area contributed by atoms with E-state index in [0.29, 0.717) is 47.7 Å². The maximum atomic E-state index is 12.4. The molecule has 1 saturated heterocycles. The number of morpholine rings is 1. The molecule has 0 unspecified atom stereocenters. The topological polar surface area (TPSA) is 59.0 Å². The van der Waals surface area contributed by atoms with E-state index in [-0.39, 0.29) is 17.4 Å². The van der Waals surface area contributed by atoms with Crippen molar-refractivity contribution in [3.63, 3.8) is 0 Å². The first-order valence-electron chi connectivity index (χ1n) is 7.37. The molecule has 24 heavy (non-hydrogen) atoms. The summed E-state index contributed by atoms with van der Waals surface area (Å²) in [6.07, 6.45) is 0. The number of phenols is 1. The number of amides is 1. The van der Waals surface area contributed by atoms with Gasteiger partial charge >= 0.3 is 0 Å². The van der Waals surface area contributed by atoms with Gasteiger partial charge in [0.25, 0.3) is 5.91 Å². The first-order chi connectivity index (χ1) is 11.5. The van der Waals surface area contributed by atoms with E-state index in [9.17, 15) is 9.90 Å². The molecule has 0 bridgehead atoms. The van der Waals surface area contributed by atoms with Crippen LogP contribution in [-0.4, -0.2) is 42.2 Å². The number of nitrogens with zero attached hydrogens (tertiary/aromatic N) is 1. The van der Waals surface area contributed by atoms with Gasteiger partial charge in [-0.15, -0.1) is 0 Å². The molecule has 5 nitrogen and oxygen atoms in total. The molecule has 2 aromatic rings. The highest BCUT2D eigenvalue weighted by atomic mass is 35.5. The molecule has 126 valence electrons. The van der Waals surface area contributed by atoms with Crippen LogP contribution in [0.25, 0.3) is 0 Å². The molecule has 1 N–H and O–H groups in total. The van der Waals surface area contributed by atoms with Gasteiger partial charge in [0.05, 0.1) is 18.2 Å². The van der Waals surface area contributed by atoms with Crippen LogP contribution in [0.5, 0.6) is 17.2 Å². The molecule has 1 heterocycles. The van der Waals surface area contributed by atoms with Crippen molar-refractivity contribution in [2.24, 2.45) is 0 Å². The summed E-state index contributed by atoms with van der Waals surface area (Å²) in [5.74, 6) is 0.283. The zero-order valence-electron chi connectivity index (χ0n) is 12.7. The Morgan fingerprint density at radius 2 is 1.79 bits per heavy atom. The third-order valence-corrected chi connectivity index (χ3v) is 4.15. The number of carbonyl (C=O) groups excluding carboxylic acids is 1. The molecule has 0 aromatic heterocycles. The van der Waals surface area contributed by atoms with Crippen LogP contribution >= 0.6 is 23.2 Å². The second-order valence-electron chi connectivity index (χ2n) is 5.26. The molecule has 1 aliphatic rings. The average molecular weight is 368 g/mol. The molecule has 0 spiro atoms. The van der Waals surface area contributed by atoms with Crippen LogP contribution in [0.15, 0.2) is 36.4 Å². The minimum Gasteiger partial charge on any atom is -0.504 e. The third-order valence-electron chi connectivity index (χ3n) is 3.62. The molecule has 1 aliphatic heterocycles. The molecule has 3 rings (SSSR count). The number of rotatable bonds is 3. The van der Waals surface area contributed by atoms with E-state index in [1.807, 2.05) is 0 Å². The van der Waals surface area contributed by atoms with Crippen LogP contribution in [0.1, 0.15) is 10.4 Å². The summed E-state index contributed by atoms with van der Waals surface area (Å²) < 4.78 is 10.8. The van der Waals surface area contributed by atoms with Crippen molar-refractivity contribution in [3.05, 3.63) is 52.0 Å². The fourth-order valence-electron chi connectivity index (χ4n) is 2.36. The number of benzene rings is 2. The van der Waals surface area contributed by atoms with E-state index in [1.54, 1.807) is 29.2 Å². The van der Waals surface area contributed by atoms with Crippen molar-refractivity contribution in [1.29, 1.82) is 0 Å². The summed E-state index contributed by atoms with van der Waals surface area (Å²) in [5, 5.41) is 11.0. The summed E-state index contributed by atoms with van der Waals surface area (Å²) in [7, 11) is 0. The van der Waals surface area contributed by atoms with Gasteiger partial charge in [0, 0.05) is 23.7 Å². The molecule has 1 amide bonds. The maximum absolute atomic E-state index is 12.4. The van der Waals surface area contributed by atoms with Crippen LogP contribution in [0.4, 0.5) is 0 Å². The summed E-state index contributed by atoms with van der Waals surface area (Å²) in [4.78, 5) is 14.1. The molecular formula is C17H15Cl2NO4. The average Bonchev–Trinajstić information content (AvgIpc) is 2.59. The Morgan fingerprint density at radius 1 is 1.08 bits per heavy atom. The number of aromatic hydroxyl groups is 1. The monoisotopic (exact) mass is 367 g/mol. The minimum atomic E-state index is -0.148. The first kappa shape index (κ1) is 16.9. The number of carbonyl (C=O) groups is 1. The van der Waals surface area contributed by atoms with Crippen LogP contribution in [0.3, 0.4) is 0 Å². The second kappa shape index (κ2) is 7.30. The number of ether oxygens (including phenoxy) is 2. The van der Waals surface area contributed by atoms with Gasteiger partial charge < -0.3 is 19.5 Å². The molecule has 0 saturated carbocycles. The van der Waals surface area contributed by atoms with Gasteiger partial charge in [-0.25, -0.2) is 0 Å². The first-order valence-corrected chi connectivity index (χ1v) is 8.13. The van der Waals surface area contributed by atoms with E-state index in [4.69, 9.17) is 32.7 Å². The Labute approximate surface area is 149 Å². The second-order valence-corrected chi connectivity index (χ2v) is 6.11. The third kappa shape index (κ3) is 3.75.